The lowest BCUT2D eigenvalue weighted by Crippen LogP contribution is -2.37. The van der Waals surface area contributed by atoms with E-state index in [1.807, 2.05) is 21.1 Å². The molecule has 0 rings (SSSR count). The Morgan fingerprint density at radius 2 is 1.02 bits per heavy atom. The van der Waals surface area contributed by atoms with E-state index < -0.39 is 13.9 Å². The number of hydrogen-bond acceptors (Lipinski definition) is 6. The Morgan fingerprint density at radius 1 is 0.561 bits per heavy atom. The van der Waals surface area contributed by atoms with Crippen LogP contribution in [0.4, 0.5) is 0 Å². The summed E-state index contributed by atoms with van der Waals surface area (Å²) in [6.07, 6.45) is 53.4. The molecular weight excluding hydrogens is 734 g/mol. The second kappa shape index (κ2) is 40.5. The van der Waals surface area contributed by atoms with Crippen LogP contribution in [0.1, 0.15) is 155 Å². The molecule has 9 heteroatoms. The van der Waals surface area contributed by atoms with Gasteiger partial charge in [0.05, 0.1) is 34.4 Å². The monoisotopic (exact) mass is 819 g/mol. The molecular formula is C48H85NO7P+. The van der Waals surface area contributed by atoms with Crippen molar-refractivity contribution in [3.8, 4) is 0 Å². The van der Waals surface area contributed by atoms with Gasteiger partial charge in [-0.05, 0) is 70.6 Å². The maximum atomic E-state index is 12.7. The Bertz CT molecular complexity index is 1180. The first-order valence-corrected chi connectivity index (χ1v) is 23.8. The van der Waals surface area contributed by atoms with Crippen molar-refractivity contribution < 1.29 is 37.3 Å². The highest BCUT2D eigenvalue weighted by Gasteiger charge is 2.26. The number of quaternary nitrogens is 1. The number of carbonyl (C=O) groups is 1. The van der Waals surface area contributed by atoms with Gasteiger partial charge in [0.15, 0.2) is 0 Å². The van der Waals surface area contributed by atoms with E-state index in [0.717, 1.165) is 83.5 Å². The number of phosphoric acid groups is 1. The van der Waals surface area contributed by atoms with Crippen molar-refractivity contribution in [3.63, 3.8) is 0 Å². The zero-order chi connectivity index (χ0) is 42.0. The first-order chi connectivity index (χ1) is 27.6. The maximum absolute atomic E-state index is 12.7. The van der Waals surface area contributed by atoms with Gasteiger partial charge in [-0.25, -0.2) is 4.57 Å². The molecule has 0 aliphatic rings. The molecule has 0 saturated heterocycles. The first kappa shape index (κ1) is 54.7. The van der Waals surface area contributed by atoms with E-state index in [2.05, 4.69) is 98.9 Å². The van der Waals surface area contributed by atoms with Crippen LogP contribution in [0.3, 0.4) is 0 Å². The van der Waals surface area contributed by atoms with Crippen LogP contribution in [0.5, 0.6) is 0 Å². The lowest BCUT2D eigenvalue weighted by molar-refractivity contribution is -0.870. The Balaban J connectivity index is 4.26. The second-order valence-corrected chi connectivity index (χ2v) is 17.2. The summed E-state index contributed by atoms with van der Waals surface area (Å²) in [7, 11) is 1.63. The molecule has 0 aliphatic carbocycles. The summed E-state index contributed by atoms with van der Waals surface area (Å²) >= 11 is 0. The predicted octanol–water partition coefficient (Wildman–Crippen LogP) is 13.3. The normalized spacial score (nSPS) is 14.6. The quantitative estimate of drug-likeness (QED) is 0.0216. The summed E-state index contributed by atoms with van der Waals surface area (Å²) in [5.74, 6) is -0.349. The van der Waals surface area contributed by atoms with Gasteiger partial charge >= 0.3 is 13.8 Å². The maximum Gasteiger partial charge on any atom is 0.472 e. The molecule has 1 N–H and O–H groups in total. The van der Waals surface area contributed by atoms with E-state index in [9.17, 15) is 14.3 Å². The lowest BCUT2D eigenvalue weighted by Gasteiger charge is -2.24. The van der Waals surface area contributed by atoms with Gasteiger partial charge in [-0.3, -0.25) is 13.8 Å². The molecule has 0 spiro atoms. The molecule has 0 aromatic heterocycles. The highest BCUT2D eigenvalue weighted by molar-refractivity contribution is 7.47. The van der Waals surface area contributed by atoms with Crippen LogP contribution in [0, 0.1) is 0 Å². The van der Waals surface area contributed by atoms with Crippen LogP contribution in [0.2, 0.25) is 0 Å². The third-order valence-corrected chi connectivity index (χ3v) is 9.96. The minimum absolute atomic E-state index is 0.0780. The Morgan fingerprint density at radius 3 is 1.51 bits per heavy atom. The average molecular weight is 819 g/mol. The first-order valence-electron chi connectivity index (χ1n) is 22.3. The number of unbranched alkanes of at least 4 members (excludes halogenated alkanes) is 12. The largest absolute Gasteiger partial charge is 0.472 e. The minimum atomic E-state index is -4.28. The van der Waals surface area contributed by atoms with Gasteiger partial charge in [0.2, 0.25) is 0 Å². The number of nitrogens with zero attached hydrogens (tertiary/aromatic N) is 1. The van der Waals surface area contributed by atoms with E-state index >= 15 is 0 Å². The lowest BCUT2D eigenvalue weighted by atomic mass is 10.1. The van der Waals surface area contributed by atoms with Gasteiger partial charge in [0.25, 0.3) is 0 Å². The predicted molar refractivity (Wildman–Crippen MR) is 242 cm³/mol. The molecule has 0 amide bonds. The molecule has 57 heavy (non-hydrogen) atoms. The van der Waals surface area contributed by atoms with Gasteiger partial charge in [-0.2, -0.15) is 0 Å². The van der Waals surface area contributed by atoms with Crippen molar-refractivity contribution >= 4 is 13.8 Å². The summed E-state index contributed by atoms with van der Waals surface area (Å²) in [6.45, 7) is 5.43. The molecule has 2 unspecified atom stereocenters. The fourth-order valence-corrected chi connectivity index (χ4v) is 6.27. The highest BCUT2D eigenvalue weighted by atomic mass is 31.2. The van der Waals surface area contributed by atoms with Crippen molar-refractivity contribution in [2.75, 3.05) is 54.1 Å². The van der Waals surface area contributed by atoms with Crippen LogP contribution in [0.25, 0.3) is 0 Å². The zero-order valence-corrected chi connectivity index (χ0v) is 37.9. The minimum Gasteiger partial charge on any atom is -0.457 e. The van der Waals surface area contributed by atoms with Gasteiger partial charge in [-0.15, -0.1) is 0 Å². The van der Waals surface area contributed by atoms with Gasteiger partial charge in [0, 0.05) is 13.0 Å². The summed E-state index contributed by atoms with van der Waals surface area (Å²) in [5, 5.41) is 0. The molecule has 328 valence electrons. The molecule has 0 aromatic carbocycles. The summed E-state index contributed by atoms with van der Waals surface area (Å²) in [5.41, 5.74) is 0. The Labute approximate surface area is 350 Å². The molecule has 8 nitrogen and oxygen atoms in total. The number of ether oxygens (including phenoxy) is 2. The van der Waals surface area contributed by atoms with Gasteiger partial charge < -0.3 is 18.9 Å². The third-order valence-electron chi connectivity index (χ3n) is 8.97. The number of esters is 1. The van der Waals surface area contributed by atoms with Crippen LogP contribution in [0.15, 0.2) is 85.1 Å². The van der Waals surface area contributed by atoms with Crippen LogP contribution in [-0.2, 0) is 27.9 Å². The van der Waals surface area contributed by atoms with Crippen LogP contribution >= 0.6 is 7.82 Å². The molecule has 0 saturated carbocycles. The van der Waals surface area contributed by atoms with Crippen molar-refractivity contribution in [1.29, 1.82) is 0 Å². The van der Waals surface area contributed by atoms with Crippen molar-refractivity contribution in [3.05, 3.63) is 85.1 Å². The second-order valence-electron chi connectivity index (χ2n) is 15.7. The standard InChI is InChI=1S/C48H84NO7P/c1-6-8-10-12-14-16-18-19-20-21-22-23-24-25-26-27-28-29-30-31-32-33-35-37-39-41-48(50)56-47(46-55-57(51,52)54-44-42-49(3,4)5)45-53-43-40-38-36-34-17-15-13-11-9-7-2/h8,10,14,16,19-20,22-23,25-26,28-29,31-32,47H,6-7,9,11-13,15,17-18,21,24,27,30,33-46H2,1-5H3/p+1/b10-8-,16-14-,20-19-,23-22-,26-25-,29-28-,32-31-. The number of carbonyl (C=O) groups excluding carboxylic acids is 1. The summed E-state index contributed by atoms with van der Waals surface area (Å²) in [6, 6.07) is 0. The number of allylic oxidation sites excluding steroid dienone is 14. The molecule has 2 atom stereocenters. The van der Waals surface area contributed by atoms with Gasteiger partial charge in [0.1, 0.15) is 19.3 Å². The SMILES string of the molecule is CC/C=C\C/C=C\C/C=C\C/C=C\C/C=C\C/C=C\C/C=C\CCCCCC(=O)OC(COCCCCCCCCCCCC)COP(=O)(O)OCC[N+](C)(C)C. The zero-order valence-electron chi connectivity index (χ0n) is 37.0. The molecule has 0 aliphatic heterocycles. The fraction of sp³-hybridized carbons (Fsp3) is 0.688. The fourth-order valence-electron chi connectivity index (χ4n) is 5.53. The molecule has 0 heterocycles. The number of hydrogen-bond donors (Lipinski definition) is 1. The topological polar surface area (TPSA) is 91.3 Å². The Kier molecular flexibility index (Phi) is 38.8. The van der Waals surface area contributed by atoms with Gasteiger partial charge in [-0.1, -0.05) is 163 Å². The number of rotatable bonds is 40. The van der Waals surface area contributed by atoms with Crippen molar-refractivity contribution in [2.45, 2.75) is 161 Å². The van der Waals surface area contributed by atoms with E-state index in [-0.39, 0.29) is 32.2 Å². The van der Waals surface area contributed by atoms with E-state index in [0.29, 0.717) is 17.6 Å². The van der Waals surface area contributed by atoms with Crippen LogP contribution < -0.4 is 0 Å². The van der Waals surface area contributed by atoms with Crippen LogP contribution in [-0.4, -0.2) is 75.6 Å². The average Bonchev–Trinajstić information content (AvgIpc) is 3.16. The van der Waals surface area contributed by atoms with E-state index in [1.54, 1.807) is 0 Å². The third kappa shape index (κ3) is 44.6. The number of phosphoric ester groups is 1. The number of likely N-dealkylation sites (N-methyl/N-ethyl adjacent to an activating group) is 1. The van der Waals surface area contributed by atoms with Crippen molar-refractivity contribution in [1.82, 2.24) is 0 Å². The van der Waals surface area contributed by atoms with E-state index in [1.165, 1.54) is 51.4 Å². The van der Waals surface area contributed by atoms with Crippen molar-refractivity contribution in [2.24, 2.45) is 0 Å². The molecule has 0 radical (unpaired) electrons. The summed E-state index contributed by atoms with van der Waals surface area (Å²) in [4.78, 5) is 22.9. The molecule has 0 fully saturated rings. The highest BCUT2D eigenvalue weighted by Crippen LogP contribution is 2.43. The molecule has 0 bridgehead atoms. The molecule has 0 aromatic rings. The smallest absolute Gasteiger partial charge is 0.457 e. The van der Waals surface area contributed by atoms with E-state index in [4.69, 9.17) is 18.5 Å². The summed E-state index contributed by atoms with van der Waals surface area (Å²) < 4.78 is 34.9. The Hall–Kier alpha value is -2.32.